The van der Waals surface area contributed by atoms with E-state index in [0.717, 1.165) is 69.5 Å². The van der Waals surface area contributed by atoms with Crippen LogP contribution in [-0.4, -0.2) is 74.4 Å². The number of sulfonamides is 1. The normalized spacial score (nSPS) is 36.5. The average Bonchev–Trinajstić information content (AvgIpc) is 2.87. The predicted molar refractivity (Wildman–Crippen MR) is 142 cm³/mol. The fourth-order valence-corrected chi connectivity index (χ4v) is 9.03. The van der Waals surface area contributed by atoms with E-state index >= 15 is 0 Å². The van der Waals surface area contributed by atoms with Crippen molar-refractivity contribution in [1.82, 2.24) is 9.62 Å². The van der Waals surface area contributed by atoms with E-state index < -0.39 is 10.0 Å². The number of anilines is 1. The number of rotatable bonds is 6. The average molecular weight is 532 g/mol. The SMILES string of the molecule is CS(=O)(=O)N1CCC(Oc2ccc(N3CCC[C@H](NC(=O)C45CC6CC(C4)C(O)C(C6)C5)C3)cc2)CC1. The zero-order valence-electron chi connectivity index (χ0n) is 21.8. The van der Waals surface area contributed by atoms with Gasteiger partial charge in [-0.3, -0.25) is 4.79 Å². The molecule has 1 aromatic rings. The number of nitrogens with one attached hydrogen (secondary N) is 1. The lowest BCUT2D eigenvalue weighted by atomic mass is 9.48. The first kappa shape index (κ1) is 25.4. The van der Waals surface area contributed by atoms with Crippen LogP contribution in [0.3, 0.4) is 0 Å². The Morgan fingerprint density at radius 1 is 1.03 bits per heavy atom. The van der Waals surface area contributed by atoms with E-state index in [1.807, 2.05) is 12.1 Å². The van der Waals surface area contributed by atoms with Gasteiger partial charge in [-0.2, -0.15) is 0 Å². The van der Waals surface area contributed by atoms with Gasteiger partial charge >= 0.3 is 0 Å². The molecule has 8 nitrogen and oxygen atoms in total. The Labute approximate surface area is 220 Å². The zero-order chi connectivity index (χ0) is 25.8. The van der Waals surface area contributed by atoms with Crippen molar-refractivity contribution in [2.24, 2.45) is 23.2 Å². The van der Waals surface area contributed by atoms with E-state index in [2.05, 4.69) is 22.3 Å². The Hall–Kier alpha value is -1.84. The number of piperidine rings is 2. The molecule has 7 rings (SSSR count). The van der Waals surface area contributed by atoms with Crippen LogP contribution < -0.4 is 15.0 Å². The van der Waals surface area contributed by atoms with E-state index in [1.165, 1.54) is 10.6 Å². The number of hydrogen-bond acceptors (Lipinski definition) is 6. The Bertz CT molecular complexity index is 1090. The fourth-order valence-electron chi connectivity index (χ4n) is 8.15. The summed E-state index contributed by atoms with van der Waals surface area (Å²) in [5.74, 6) is 2.28. The third kappa shape index (κ3) is 5.11. The lowest BCUT2D eigenvalue weighted by Gasteiger charge is -2.58. The topological polar surface area (TPSA) is 99.2 Å². The van der Waals surface area contributed by atoms with Crippen molar-refractivity contribution in [2.45, 2.75) is 76.0 Å². The van der Waals surface area contributed by atoms with E-state index in [0.29, 0.717) is 43.7 Å². The summed E-state index contributed by atoms with van der Waals surface area (Å²) in [4.78, 5) is 15.9. The molecule has 6 aliphatic rings. The summed E-state index contributed by atoms with van der Waals surface area (Å²) in [6.45, 7) is 2.80. The van der Waals surface area contributed by atoms with E-state index in [4.69, 9.17) is 4.74 Å². The maximum absolute atomic E-state index is 13.6. The largest absolute Gasteiger partial charge is 0.490 e. The predicted octanol–water partition coefficient (Wildman–Crippen LogP) is 2.76. The first-order chi connectivity index (χ1) is 17.7. The maximum atomic E-state index is 13.6. The smallest absolute Gasteiger partial charge is 0.226 e. The molecule has 0 aromatic heterocycles. The van der Waals surface area contributed by atoms with Crippen LogP contribution in [-0.2, 0) is 14.8 Å². The fraction of sp³-hybridized carbons (Fsp3) is 0.750. The number of ether oxygens (including phenoxy) is 1. The van der Waals surface area contributed by atoms with Crippen molar-refractivity contribution in [2.75, 3.05) is 37.3 Å². The van der Waals surface area contributed by atoms with Gasteiger partial charge in [-0.1, -0.05) is 0 Å². The van der Waals surface area contributed by atoms with Crippen molar-refractivity contribution in [1.29, 1.82) is 0 Å². The van der Waals surface area contributed by atoms with Crippen molar-refractivity contribution in [3.05, 3.63) is 24.3 Å². The molecule has 2 unspecified atom stereocenters. The van der Waals surface area contributed by atoms with E-state index in [1.54, 1.807) is 0 Å². The molecule has 4 saturated carbocycles. The summed E-state index contributed by atoms with van der Waals surface area (Å²) in [5, 5.41) is 14.0. The van der Waals surface area contributed by atoms with Gasteiger partial charge in [0.25, 0.3) is 0 Å². The van der Waals surface area contributed by atoms with E-state index in [-0.39, 0.29) is 29.6 Å². The molecule has 2 saturated heterocycles. The summed E-state index contributed by atoms with van der Waals surface area (Å²) in [6, 6.07) is 8.33. The molecule has 204 valence electrons. The number of carbonyl (C=O) groups is 1. The molecular weight excluding hydrogens is 490 g/mol. The molecule has 1 aromatic carbocycles. The summed E-state index contributed by atoms with van der Waals surface area (Å²) in [7, 11) is -3.13. The van der Waals surface area contributed by atoms with Gasteiger partial charge in [-0.15, -0.1) is 0 Å². The lowest BCUT2D eigenvalue weighted by Crippen LogP contribution is -2.60. The molecule has 0 spiro atoms. The molecule has 0 radical (unpaired) electrons. The highest BCUT2D eigenvalue weighted by Gasteiger charge is 2.58. The minimum absolute atomic E-state index is 0.0316. The summed E-state index contributed by atoms with van der Waals surface area (Å²) >= 11 is 0. The second-order valence-corrected chi connectivity index (χ2v) is 14.5. The van der Waals surface area contributed by atoms with Gasteiger partial charge in [0.1, 0.15) is 11.9 Å². The number of hydrogen-bond donors (Lipinski definition) is 2. The van der Waals surface area contributed by atoms with Gasteiger partial charge in [-0.25, -0.2) is 12.7 Å². The highest BCUT2D eigenvalue weighted by Crippen LogP contribution is 2.60. The van der Waals surface area contributed by atoms with Crippen molar-refractivity contribution in [3.8, 4) is 5.75 Å². The zero-order valence-corrected chi connectivity index (χ0v) is 22.7. The first-order valence-corrected chi connectivity index (χ1v) is 16.0. The minimum Gasteiger partial charge on any atom is -0.490 e. The molecule has 37 heavy (non-hydrogen) atoms. The molecule has 2 heterocycles. The number of aliphatic hydroxyl groups is 1. The minimum atomic E-state index is -3.13. The maximum Gasteiger partial charge on any atom is 0.226 e. The molecule has 4 bridgehead atoms. The third-order valence-electron chi connectivity index (χ3n) is 9.84. The molecule has 4 aliphatic carbocycles. The summed E-state index contributed by atoms with van der Waals surface area (Å²) in [5.41, 5.74) is 0.880. The van der Waals surface area contributed by atoms with Crippen LogP contribution in [0.15, 0.2) is 24.3 Å². The van der Waals surface area contributed by atoms with Crippen LogP contribution in [0.1, 0.15) is 57.8 Å². The van der Waals surface area contributed by atoms with Gasteiger partial charge in [-0.05, 0) is 99.8 Å². The van der Waals surface area contributed by atoms with Crippen molar-refractivity contribution in [3.63, 3.8) is 0 Å². The van der Waals surface area contributed by atoms with Crippen molar-refractivity contribution >= 4 is 21.6 Å². The second kappa shape index (κ2) is 9.72. The number of benzene rings is 1. The molecule has 6 fully saturated rings. The quantitative estimate of drug-likeness (QED) is 0.586. The van der Waals surface area contributed by atoms with Gasteiger partial charge < -0.3 is 20.1 Å². The molecular formula is C28H41N3O5S. The Kier molecular flexibility index (Phi) is 6.68. The number of carbonyl (C=O) groups excluding carboxylic acids is 1. The highest BCUT2D eigenvalue weighted by molar-refractivity contribution is 7.88. The number of aliphatic hydroxyl groups excluding tert-OH is 1. The molecule has 1 amide bonds. The van der Waals surface area contributed by atoms with E-state index in [9.17, 15) is 18.3 Å². The summed E-state index contributed by atoms with van der Waals surface area (Å²) in [6.07, 6.45) is 9.46. The standard InChI is InChI=1S/C28H41N3O5S/c1-37(34,35)31-11-8-25(9-12-31)36-24-6-4-23(5-7-24)30-10-2-3-22(18-30)29-27(33)28-15-19-13-20(16-28)26(32)21(14-19)17-28/h4-7,19-22,25-26,32H,2-3,8-18H2,1H3,(H,29,33)/t19?,20?,21?,22-,26?,28?/m0/s1. The highest BCUT2D eigenvalue weighted by atomic mass is 32.2. The Balaban J connectivity index is 1.03. The van der Waals surface area contributed by atoms with Gasteiger partial charge in [0, 0.05) is 37.9 Å². The van der Waals surface area contributed by atoms with Crippen LogP contribution in [0, 0.1) is 23.2 Å². The van der Waals surface area contributed by atoms with Gasteiger partial charge in [0.15, 0.2) is 0 Å². The van der Waals surface area contributed by atoms with Crippen LogP contribution in [0.5, 0.6) is 5.75 Å². The number of nitrogens with zero attached hydrogens (tertiary/aromatic N) is 2. The van der Waals surface area contributed by atoms with Gasteiger partial charge in [0.05, 0.1) is 17.8 Å². The molecule has 3 atom stereocenters. The Morgan fingerprint density at radius 3 is 2.35 bits per heavy atom. The van der Waals surface area contributed by atoms with Crippen molar-refractivity contribution < 1.29 is 23.1 Å². The van der Waals surface area contributed by atoms with Crippen LogP contribution in [0.25, 0.3) is 0 Å². The number of amides is 1. The third-order valence-corrected chi connectivity index (χ3v) is 11.1. The Morgan fingerprint density at radius 2 is 1.70 bits per heavy atom. The van der Waals surface area contributed by atoms with Crippen LogP contribution in [0.4, 0.5) is 5.69 Å². The molecule has 9 heteroatoms. The molecule has 2 aliphatic heterocycles. The first-order valence-electron chi connectivity index (χ1n) is 14.1. The van der Waals surface area contributed by atoms with Gasteiger partial charge in [0.2, 0.25) is 15.9 Å². The van der Waals surface area contributed by atoms with Crippen LogP contribution >= 0.6 is 0 Å². The van der Waals surface area contributed by atoms with Crippen LogP contribution in [0.2, 0.25) is 0 Å². The lowest BCUT2D eigenvalue weighted by molar-refractivity contribution is -0.163. The second-order valence-electron chi connectivity index (χ2n) is 12.5. The monoisotopic (exact) mass is 531 g/mol. The summed E-state index contributed by atoms with van der Waals surface area (Å²) < 4.78 is 31.1. The molecule has 2 N–H and O–H groups in total.